The number of benzene rings is 8. The average Bonchev–Trinajstić information content (AvgIpc) is 3.85. The molecule has 1 heterocycles. The van der Waals surface area contributed by atoms with E-state index in [1.54, 1.807) is 0 Å². The molecule has 0 radical (unpaired) electrons. The molecule has 0 aliphatic heterocycles. The van der Waals surface area contributed by atoms with Crippen molar-refractivity contribution in [2.45, 2.75) is 31.8 Å². The fourth-order valence-corrected chi connectivity index (χ4v) is 12.0. The van der Waals surface area contributed by atoms with Crippen LogP contribution in [0.5, 0.6) is 0 Å². The normalized spacial score (nSPS) is 18.5. The van der Waals surface area contributed by atoms with Crippen molar-refractivity contribution in [2.24, 2.45) is 5.92 Å². The fraction of sp³-hybridized carbons (Fsp3) is 0.100. The van der Waals surface area contributed by atoms with Crippen LogP contribution in [0.25, 0.3) is 71.6 Å². The van der Waals surface area contributed by atoms with Crippen molar-refractivity contribution in [3.63, 3.8) is 0 Å². The highest BCUT2D eigenvalue weighted by molar-refractivity contribution is 7.18. The van der Waals surface area contributed by atoms with Crippen LogP contribution in [0, 0.1) is 5.92 Å². The molecule has 1 aromatic heterocycles. The molecule has 12 rings (SSSR count). The molecule has 8 aromatic carbocycles. The van der Waals surface area contributed by atoms with Crippen LogP contribution in [0.15, 0.2) is 201 Å². The lowest BCUT2D eigenvalue weighted by Gasteiger charge is -2.41. The number of hydrogen-bond acceptors (Lipinski definition) is 3. The van der Waals surface area contributed by atoms with Crippen LogP contribution in [-0.2, 0) is 0 Å². The Morgan fingerprint density at radius 3 is 2.02 bits per heavy atom. The standard InChI is InChI=1S/C60H46N2S/c1-39-36-53-56(38-55(39)61(43-18-7-4-8-19-43)54-27-17-26-49-47-23-12-11-22-46(47)40(2)57(49)54)63-59-51-33-30-42(37-52(51)48-24-13-14-25-50(48)58(53)59)41-28-31-45(32-29-41)62(44-20-9-5-10-21-44)60(3)34-15-6-16-35-60/h4-34,36-39,55H,2,35H2,1,3H3. The lowest BCUT2D eigenvalue weighted by atomic mass is 9.89. The van der Waals surface area contributed by atoms with E-state index < -0.39 is 0 Å². The van der Waals surface area contributed by atoms with Gasteiger partial charge >= 0.3 is 0 Å². The Morgan fingerprint density at radius 2 is 1.25 bits per heavy atom. The second-order valence-electron chi connectivity index (χ2n) is 17.6. The van der Waals surface area contributed by atoms with Crippen molar-refractivity contribution in [1.29, 1.82) is 0 Å². The Morgan fingerprint density at radius 1 is 0.587 bits per heavy atom. The largest absolute Gasteiger partial charge is 0.333 e. The molecule has 2 nitrogen and oxygen atoms in total. The van der Waals surface area contributed by atoms with Crippen molar-refractivity contribution in [1.82, 2.24) is 0 Å². The predicted molar refractivity (Wildman–Crippen MR) is 272 cm³/mol. The molecule has 3 unspecified atom stereocenters. The molecule has 9 aromatic rings. The molecule has 0 amide bonds. The van der Waals surface area contributed by atoms with E-state index >= 15 is 0 Å². The maximum Gasteiger partial charge on any atom is 0.0642 e. The SMILES string of the molecule is C=C1c2ccccc2-c2cccc(N(c3ccccc3)C3C=c4sc5c6ccc(-c7ccc(N(c8ccccc8)C8(C)C=CC=CC8)cc7)cc6c6ccccc6c5c4=CC3C)c21. The van der Waals surface area contributed by atoms with Crippen molar-refractivity contribution >= 4 is 83.4 Å². The van der Waals surface area contributed by atoms with E-state index in [-0.39, 0.29) is 17.5 Å². The third-order valence-electron chi connectivity index (χ3n) is 13.7. The number of para-hydroxylation sites is 2. The average molecular weight is 827 g/mol. The van der Waals surface area contributed by atoms with Crippen molar-refractivity contribution in [2.75, 3.05) is 9.80 Å². The van der Waals surface area contributed by atoms with E-state index in [0.29, 0.717) is 0 Å². The Bertz CT molecular complexity index is 3490. The summed E-state index contributed by atoms with van der Waals surface area (Å²) in [7, 11) is 0. The van der Waals surface area contributed by atoms with Gasteiger partial charge in [0.2, 0.25) is 0 Å². The molecule has 0 saturated carbocycles. The minimum Gasteiger partial charge on any atom is -0.333 e. The highest BCUT2D eigenvalue weighted by Gasteiger charge is 2.33. The van der Waals surface area contributed by atoms with Gasteiger partial charge in [-0.05, 0) is 129 Å². The first-order valence-electron chi connectivity index (χ1n) is 22.1. The lowest BCUT2D eigenvalue weighted by Crippen LogP contribution is -2.42. The highest BCUT2D eigenvalue weighted by Crippen LogP contribution is 2.50. The third kappa shape index (κ3) is 5.98. The van der Waals surface area contributed by atoms with Crippen molar-refractivity contribution < 1.29 is 0 Å². The summed E-state index contributed by atoms with van der Waals surface area (Å²) in [5.74, 6) is 0.231. The highest BCUT2D eigenvalue weighted by atomic mass is 32.1. The molecule has 302 valence electrons. The van der Waals surface area contributed by atoms with Crippen LogP contribution in [0.3, 0.4) is 0 Å². The van der Waals surface area contributed by atoms with E-state index in [4.69, 9.17) is 0 Å². The van der Waals surface area contributed by atoms with Crippen LogP contribution in [-0.4, -0.2) is 11.6 Å². The van der Waals surface area contributed by atoms with Gasteiger partial charge in [0.1, 0.15) is 0 Å². The smallest absolute Gasteiger partial charge is 0.0642 e. The monoisotopic (exact) mass is 826 g/mol. The second-order valence-corrected chi connectivity index (χ2v) is 18.6. The summed E-state index contributed by atoms with van der Waals surface area (Å²) in [6.07, 6.45) is 15.0. The van der Waals surface area contributed by atoms with Gasteiger partial charge in [-0.2, -0.15) is 0 Å². The van der Waals surface area contributed by atoms with Gasteiger partial charge in [0.05, 0.1) is 17.3 Å². The maximum atomic E-state index is 4.68. The first kappa shape index (κ1) is 37.6. The molecule has 0 N–H and O–H groups in total. The first-order valence-corrected chi connectivity index (χ1v) is 22.9. The van der Waals surface area contributed by atoms with Gasteiger partial charge in [0, 0.05) is 42.6 Å². The Hall–Kier alpha value is -7.20. The molecule has 3 aliphatic rings. The van der Waals surface area contributed by atoms with E-state index in [9.17, 15) is 0 Å². The zero-order chi connectivity index (χ0) is 42.2. The van der Waals surface area contributed by atoms with Gasteiger partial charge in [0.15, 0.2) is 0 Å². The molecular formula is C60H46N2S. The fourth-order valence-electron chi connectivity index (χ4n) is 10.7. The molecule has 3 atom stereocenters. The van der Waals surface area contributed by atoms with Gasteiger partial charge in [0.25, 0.3) is 0 Å². The number of allylic oxidation sites excluding steroid dienone is 2. The number of fused-ring (bicyclic) bond motifs is 11. The zero-order valence-electron chi connectivity index (χ0n) is 35.5. The summed E-state index contributed by atoms with van der Waals surface area (Å²) in [6.45, 7) is 9.39. The number of rotatable bonds is 7. The third-order valence-corrected chi connectivity index (χ3v) is 14.9. The Kier molecular flexibility index (Phi) is 8.78. The number of thiophene rings is 1. The van der Waals surface area contributed by atoms with Crippen molar-refractivity contribution in [3.05, 3.63) is 222 Å². The molecular weight excluding hydrogens is 781 g/mol. The van der Waals surface area contributed by atoms with E-state index in [2.05, 4.69) is 237 Å². The van der Waals surface area contributed by atoms with Gasteiger partial charge < -0.3 is 9.80 Å². The second kappa shape index (κ2) is 14.7. The summed E-state index contributed by atoms with van der Waals surface area (Å²) in [6, 6.07) is 62.6. The van der Waals surface area contributed by atoms with Crippen LogP contribution in [0.2, 0.25) is 0 Å². The summed E-state index contributed by atoms with van der Waals surface area (Å²) >= 11 is 1.94. The van der Waals surface area contributed by atoms with E-state index in [0.717, 1.165) is 12.0 Å². The van der Waals surface area contributed by atoms with Gasteiger partial charge in [-0.25, -0.2) is 0 Å². The minimum atomic E-state index is -0.166. The molecule has 0 bridgehead atoms. The zero-order valence-corrected chi connectivity index (χ0v) is 36.3. The van der Waals surface area contributed by atoms with Crippen LogP contribution in [0.1, 0.15) is 31.4 Å². The van der Waals surface area contributed by atoms with E-state index in [1.165, 1.54) is 97.5 Å². The van der Waals surface area contributed by atoms with Crippen molar-refractivity contribution in [3.8, 4) is 22.3 Å². The first-order chi connectivity index (χ1) is 30.9. The Balaban J connectivity index is 0.982. The van der Waals surface area contributed by atoms with Gasteiger partial charge in [-0.1, -0.05) is 165 Å². The van der Waals surface area contributed by atoms with Crippen LogP contribution >= 0.6 is 11.3 Å². The van der Waals surface area contributed by atoms with Gasteiger partial charge in [-0.15, -0.1) is 11.3 Å². The number of anilines is 4. The molecule has 3 aliphatic carbocycles. The summed E-state index contributed by atoms with van der Waals surface area (Å²) in [5.41, 5.74) is 13.1. The summed E-state index contributed by atoms with van der Waals surface area (Å²) < 4.78 is 2.69. The van der Waals surface area contributed by atoms with Gasteiger partial charge in [-0.3, -0.25) is 0 Å². The quantitative estimate of drug-likeness (QED) is 0.148. The van der Waals surface area contributed by atoms with Crippen LogP contribution in [0.4, 0.5) is 22.7 Å². The molecule has 0 fully saturated rings. The van der Waals surface area contributed by atoms with Crippen LogP contribution < -0.4 is 19.6 Å². The molecule has 0 saturated heterocycles. The lowest BCUT2D eigenvalue weighted by molar-refractivity contribution is 0.570. The molecule has 3 heteroatoms. The Labute approximate surface area is 373 Å². The topological polar surface area (TPSA) is 6.48 Å². The minimum absolute atomic E-state index is 0.0917. The summed E-state index contributed by atoms with van der Waals surface area (Å²) in [5, 5.41) is 7.95. The predicted octanol–water partition coefficient (Wildman–Crippen LogP) is 14.7. The molecule has 0 spiro atoms. The van der Waals surface area contributed by atoms with E-state index in [1.807, 2.05) is 11.3 Å². The summed E-state index contributed by atoms with van der Waals surface area (Å²) in [4.78, 5) is 5.04. The number of nitrogens with zero attached hydrogens (tertiary/aromatic N) is 2. The molecule has 63 heavy (non-hydrogen) atoms. The maximum absolute atomic E-state index is 4.68. The number of hydrogen-bond donors (Lipinski definition) is 0.